The van der Waals surface area contributed by atoms with Gasteiger partial charge in [-0.1, -0.05) is 11.2 Å². The summed E-state index contributed by atoms with van der Waals surface area (Å²) in [6.07, 6.45) is 6.46. The molecule has 2 spiro atoms. The number of rotatable bonds is 6. The predicted octanol–water partition coefficient (Wildman–Crippen LogP) is 3.14. The minimum Gasteiger partial charge on any atom is -0.473 e. The molecule has 1 aromatic carbocycles. The Kier molecular flexibility index (Phi) is 6.19. The Balaban J connectivity index is 1.18. The van der Waals surface area contributed by atoms with Gasteiger partial charge in [-0.25, -0.2) is 0 Å². The van der Waals surface area contributed by atoms with Crippen LogP contribution in [-0.2, 0) is 23.0 Å². The Labute approximate surface area is 250 Å². The second-order valence-corrected chi connectivity index (χ2v) is 13.0. The molecule has 3 aliphatic heterocycles. The van der Waals surface area contributed by atoms with E-state index in [1.165, 1.54) is 0 Å². The van der Waals surface area contributed by atoms with E-state index in [-0.39, 0.29) is 17.7 Å². The Hall–Kier alpha value is -3.72. The molecule has 0 bridgehead atoms. The van der Waals surface area contributed by atoms with E-state index in [4.69, 9.17) is 34.4 Å². The van der Waals surface area contributed by atoms with Gasteiger partial charge in [-0.05, 0) is 82.7 Å². The Bertz CT molecular complexity index is 1620. The van der Waals surface area contributed by atoms with Crippen LogP contribution in [0.3, 0.4) is 0 Å². The molecule has 3 N–H and O–H groups in total. The van der Waals surface area contributed by atoms with Crippen LogP contribution in [0.25, 0.3) is 11.5 Å². The average molecular weight is 584 g/mol. The number of anilines is 1. The maximum Gasteiger partial charge on any atom is 0.221 e. The number of nitrogens with zero attached hydrogens (tertiary/aromatic N) is 5. The molecule has 0 saturated carbocycles. The lowest BCUT2D eigenvalue weighted by atomic mass is 9.68. The highest BCUT2D eigenvalue weighted by molar-refractivity contribution is 5.68. The van der Waals surface area contributed by atoms with E-state index in [9.17, 15) is 5.26 Å². The molecule has 3 aromatic rings. The van der Waals surface area contributed by atoms with E-state index >= 15 is 0 Å². The van der Waals surface area contributed by atoms with Crippen molar-refractivity contribution in [1.82, 2.24) is 25.3 Å². The van der Waals surface area contributed by atoms with Crippen LogP contribution in [0.15, 0.2) is 22.7 Å². The highest BCUT2D eigenvalue weighted by atomic mass is 16.5. The molecule has 2 aliphatic carbocycles. The number of aromatic nitrogens is 3. The highest BCUT2D eigenvalue weighted by Gasteiger charge is 2.54. The third-order valence-corrected chi connectivity index (χ3v) is 10.5. The summed E-state index contributed by atoms with van der Waals surface area (Å²) >= 11 is 0. The zero-order valence-corrected chi connectivity index (χ0v) is 24.7. The Morgan fingerprint density at radius 2 is 2.05 bits per heavy atom. The third-order valence-electron chi connectivity index (χ3n) is 10.5. The van der Waals surface area contributed by atoms with Crippen LogP contribution in [0.2, 0.25) is 0 Å². The fourth-order valence-corrected chi connectivity index (χ4v) is 8.07. The maximum absolute atomic E-state index is 10.1. The molecule has 43 heavy (non-hydrogen) atoms. The topological polar surface area (TPSA) is 145 Å². The summed E-state index contributed by atoms with van der Waals surface area (Å²) in [4.78, 5) is 12.1. The number of ether oxygens (including phenoxy) is 3. The molecular formula is C32H37N7O4. The Morgan fingerprint density at radius 3 is 2.77 bits per heavy atom. The van der Waals surface area contributed by atoms with Crippen LogP contribution in [0.5, 0.6) is 11.8 Å². The normalized spacial score (nSPS) is 27.7. The highest BCUT2D eigenvalue weighted by Crippen LogP contribution is 2.54. The summed E-state index contributed by atoms with van der Waals surface area (Å²) in [5.41, 5.74) is 10.5. The van der Waals surface area contributed by atoms with Gasteiger partial charge in [-0.15, -0.1) is 0 Å². The predicted molar refractivity (Wildman–Crippen MR) is 157 cm³/mol. The summed E-state index contributed by atoms with van der Waals surface area (Å²) in [5.74, 6) is 2.16. The second-order valence-electron chi connectivity index (χ2n) is 13.0. The van der Waals surface area contributed by atoms with E-state index in [2.05, 4.69) is 41.5 Å². The van der Waals surface area contributed by atoms with Crippen molar-refractivity contribution in [2.75, 3.05) is 39.1 Å². The van der Waals surface area contributed by atoms with Crippen molar-refractivity contribution in [1.29, 1.82) is 5.26 Å². The fraction of sp³-hybridized carbons (Fsp3) is 0.562. The van der Waals surface area contributed by atoms with Gasteiger partial charge < -0.3 is 29.8 Å². The largest absolute Gasteiger partial charge is 0.473 e. The number of likely N-dealkylation sites (tertiary alicyclic amines) is 1. The van der Waals surface area contributed by atoms with Crippen LogP contribution in [0.1, 0.15) is 67.0 Å². The SMILES string of the molecule is C[C@H](Oc1cc(O[C@@H]2CNC23COC3)nc(-c2noc3c2CCC[C@@]32CCc3ccc(N)c(C#N)c32)n1)[C@@H]1CCCN1C. The molecule has 11 nitrogen and oxygen atoms in total. The van der Waals surface area contributed by atoms with Gasteiger partial charge in [0.05, 0.1) is 30.3 Å². The van der Waals surface area contributed by atoms with Gasteiger partial charge in [0.1, 0.15) is 23.8 Å². The lowest BCUT2D eigenvalue weighted by Gasteiger charge is -2.54. The van der Waals surface area contributed by atoms with Gasteiger partial charge in [0.2, 0.25) is 11.8 Å². The van der Waals surface area contributed by atoms with Crippen LogP contribution in [0, 0.1) is 11.3 Å². The molecule has 5 heterocycles. The van der Waals surface area contributed by atoms with Crippen molar-refractivity contribution >= 4 is 5.69 Å². The minimum absolute atomic E-state index is 0.0467. The van der Waals surface area contributed by atoms with Crippen molar-refractivity contribution in [2.45, 2.75) is 81.1 Å². The third kappa shape index (κ3) is 4.07. The number of benzene rings is 1. The van der Waals surface area contributed by atoms with Gasteiger partial charge in [0, 0.05) is 23.8 Å². The summed E-state index contributed by atoms with van der Waals surface area (Å²) in [6, 6.07) is 8.39. The molecule has 2 aromatic heterocycles. The molecule has 0 amide bonds. The first-order valence-corrected chi connectivity index (χ1v) is 15.5. The molecule has 5 aliphatic rings. The lowest BCUT2D eigenvalue weighted by Crippen LogP contribution is -2.79. The quantitative estimate of drug-likeness (QED) is 0.413. The first-order chi connectivity index (χ1) is 20.9. The van der Waals surface area contributed by atoms with Crippen molar-refractivity contribution in [3.63, 3.8) is 0 Å². The van der Waals surface area contributed by atoms with E-state index in [0.29, 0.717) is 53.8 Å². The number of nitrogens with two attached hydrogens (primary N) is 1. The monoisotopic (exact) mass is 583 g/mol. The maximum atomic E-state index is 10.1. The van der Waals surface area contributed by atoms with E-state index < -0.39 is 5.41 Å². The number of fused-ring (bicyclic) bond motifs is 4. The Morgan fingerprint density at radius 1 is 1.19 bits per heavy atom. The zero-order chi connectivity index (χ0) is 29.3. The van der Waals surface area contributed by atoms with Crippen molar-refractivity contribution in [2.24, 2.45) is 0 Å². The number of aryl methyl sites for hydroxylation is 1. The van der Waals surface area contributed by atoms with Gasteiger partial charge in [-0.3, -0.25) is 4.90 Å². The van der Waals surface area contributed by atoms with Gasteiger partial charge in [0.15, 0.2) is 17.3 Å². The minimum atomic E-state index is -0.433. The molecule has 8 rings (SSSR count). The smallest absolute Gasteiger partial charge is 0.221 e. The number of likely N-dealkylation sites (N-methyl/N-ethyl adjacent to an activating group) is 1. The summed E-state index contributed by atoms with van der Waals surface area (Å²) in [7, 11) is 2.14. The molecule has 0 unspecified atom stereocenters. The molecule has 4 atom stereocenters. The molecule has 3 saturated heterocycles. The number of nitrogens with one attached hydrogen (secondary N) is 1. The first-order valence-electron chi connectivity index (χ1n) is 15.5. The summed E-state index contributed by atoms with van der Waals surface area (Å²) < 4.78 is 24.6. The van der Waals surface area contributed by atoms with Crippen molar-refractivity contribution < 1.29 is 18.7 Å². The van der Waals surface area contributed by atoms with Crippen molar-refractivity contribution in [3.05, 3.63) is 46.2 Å². The first kappa shape index (κ1) is 26.9. The second kappa shape index (κ2) is 9.91. The average Bonchev–Trinajstić information content (AvgIpc) is 3.69. The van der Waals surface area contributed by atoms with Gasteiger partial charge in [-0.2, -0.15) is 15.2 Å². The summed E-state index contributed by atoms with van der Waals surface area (Å²) in [6.45, 7) is 5.14. The number of nitriles is 1. The number of nitrogen functional groups attached to an aromatic ring is 1. The zero-order valence-electron chi connectivity index (χ0n) is 24.7. The van der Waals surface area contributed by atoms with Crippen LogP contribution < -0.4 is 20.5 Å². The van der Waals surface area contributed by atoms with E-state index in [1.54, 1.807) is 6.07 Å². The lowest BCUT2D eigenvalue weighted by molar-refractivity contribution is -0.165. The standard InChI is InChI=1S/C32H37N7O4/c1-18(23-6-4-12-39(23)2)41-25-13-26(42-24-15-35-32(24)16-40-17-32)37-30(36-25)28-20-5-3-10-31(29(20)43-38-28)11-9-19-7-8-22(34)21(14-33)27(19)31/h7-8,13,18,23-24,35H,3-6,9-12,15-17,34H2,1-2H3/t18-,23-,24+,31-/m0/s1. The van der Waals surface area contributed by atoms with Gasteiger partial charge >= 0.3 is 0 Å². The molecule has 3 fully saturated rings. The summed E-state index contributed by atoms with van der Waals surface area (Å²) in [5, 5.41) is 18.1. The fourth-order valence-electron chi connectivity index (χ4n) is 8.07. The molecular weight excluding hydrogens is 546 g/mol. The molecule has 0 radical (unpaired) electrons. The van der Waals surface area contributed by atoms with E-state index in [1.807, 2.05) is 6.07 Å². The van der Waals surface area contributed by atoms with Crippen LogP contribution in [0.4, 0.5) is 5.69 Å². The number of hydrogen-bond acceptors (Lipinski definition) is 11. The van der Waals surface area contributed by atoms with Crippen LogP contribution in [-0.4, -0.2) is 77.2 Å². The molecule has 11 heteroatoms. The number of hydrogen-bond donors (Lipinski definition) is 2. The van der Waals surface area contributed by atoms with E-state index in [0.717, 1.165) is 80.5 Å². The van der Waals surface area contributed by atoms with Gasteiger partial charge in [0.25, 0.3) is 0 Å². The van der Waals surface area contributed by atoms with Crippen molar-refractivity contribution in [3.8, 4) is 29.3 Å². The molecule has 224 valence electrons. The van der Waals surface area contributed by atoms with Crippen LogP contribution >= 0.6 is 0 Å².